The Morgan fingerprint density at radius 2 is 2.54 bits per heavy atom. The lowest BCUT2D eigenvalue weighted by molar-refractivity contribution is 0.216. The Kier molecular flexibility index (Phi) is 2.45. The zero-order valence-electron chi connectivity index (χ0n) is 7.79. The van der Waals surface area contributed by atoms with Crippen molar-refractivity contribution in [3.8, 4) is 5.75 Å². The predicted molar refractivity (Wildman–Crippen MR) is 50.9 cm³/mol. The summed E-state index contributed by atoms with van der Waals surface area (Å²) in [7, 11) is 0. The number of hydrogen-bond donors (Lipinski definition) is 1. The fourth-order valence-electron chi connectivity index (χ4n) is 1.30. The van der Waals surface area contributed by atoms with Crippen molar-refractivity contribution in [2.45, 2.75) is 19.4 Å². The monoisotopic (exact) mass is 178 g/mol. The van der Waals surface area contributed by atoms with Crippen molar-refractivity contribution >= 4 is 0 Å². The maximum absolute atomic E-state index is 5.62. The third-order valence-electron chi connectivity index (χ3n) is 2.32. The second kappa shape index (κ2) is 3.75. The number of aromatic nitrogens is 1. The standard InChI is InChI=1S/C10H14N2O/c1-8-10(3-2-5-11-8)13-7-9-4-6-12-9/h2-3,5,9,12H,4,6-7H2,1H3/t9-/m0/s1. The fraction of sp³-hybridized carbons (Fsp3) is 0.500. The number of nitrogens with one attached hydrogen (secondary N) is 1. The molecule has 2 rings (SSSR count). The van der Waals surface area contributed by atoms with Crippen LogP contribution in [0.2, 0.25) is 0 Å². The average molecular weight is 178 g/mol. The van der Waals surface area contributed by atoms with E-state index in [2.05, 4.69) is 10.3 Å². The SMILES string of the molecule is Cc1ncccc1OC[C@@H]1CCN1. The van der Waals surface area contributed by atoms with Crippen molar-refractivity contribution in [2.75, 3.05) is 13.2 Å². The van der Waals surface area contributed by atoms with Gasteiger partial charge in [-0.05, 0) is 32.0 Å². The number of hydrogen-bond acceptors (Lipinski definition) is 3. The van der Waals surface area contributed by atoms with Crippen LogP contribution in [-0.4, -0.2) is 24.2 Å². The highest BCUT2D eigenvalue weighted by atomic mass is 16.5. The van der Waals surface area contributed by atoms with Crippen LogP contribution >= 0.6 is 0 Å². The first-order valence-corrected chi connectivity index (χ1v) is 4.64. The molecule has 0 unspecified atom stereocenters. The summed E-state index contributed by atoms with van der Waals surface area (Å²) < 4.78 is 5.62. The van der Waals surface area contributed by atoms with Gasteiger partial charge >= 0.3 is 0 Å². The molecule has 3 heteroatoms. The molecule has 3 nitrogen and oxygen atoms in total. The van der Waals surface area contributed by atoms with Crippen LogP contribution in [0.15, 0.2) is 18.3 Å². The first kappa shape index (κ1) is 8.51. The van der Waals surface area contributed by atoms with Gasteiger partial charge in [-0.25, -0.2) is 0 Å². The molecule has 0 spiro atoms. The topological polar surface area (TPSA) is 34.1 Å². The van der Waals surface area contributed by atoms with Crippen LogP contribution in [0.4, 0.5) is 0 Å². The normalized spacial score (nSPS) is 20.8. The second-order valence-corrected chi connectivity index (χ2v) is 3.34. The van der Waals surface area contributed by atoms with Gasteiger partial charge in [0.1, 0.15) is 12.4 Å². The van der Waals surface area contributed by atoms with Gasteiger partial charge in [0.15, 0.2) is 0 Å². The Morgan fingerprint density at radius 1 is 1.69 bits per heavy atom. The van der Waals surface area contributed by atoms with Crippen LogP contribution < -0.4 is 10.1 Å². The molecule has 0 radical (unpaired) electrons. The van der Waals surface area contributed by atoms with E-state index in [1.807, 2.05) is 19.1 Å². The molecule has 1 aliphatic heterocycles. The summed E-state index contributed by atoms with van der Waals surface area (Å²) in [4.78, 5) is 4.16. The number of ether oxygens (including phenoxy) is 1. The minimum atomic E-state index is 0.541. The molecule has 1 N–H and O–H groups in total. The van der Waals surface area contributed by atoms with Crippen LogP contribution in [0.1, 0.15) is 12.1 Å². The van der Waals surface area contributed by atoms with Gasteiger partial charge in [-0.3, -0.25) is 4.98 Å². The predicted octanol–water partition coefficient (Wildman–Crippen LogP) is 1.13. The second-order valence-electron chi connectivity index (χ2n) is 3.34. The molecule has 13 heavy (non-hydrogen) atoms. The highest BCUT2D eigenvalue weighted by Crippen LogP contribution is 2.14. The van der Waals surface area contributed by atoms with E-state index in [0.717, 1.165) is 24.6 Å². The molecule has 1 aromatic rings. The van der Waals surface area contributed by atoms with Crippen LogP contribution in [0.3, 0.4) is 0 Å². The number of rotatable bonds is 3. The summed E-state index contributed by atoms with van der Waals surface area (Å²) in [5, 5.41) is 3.29. The van der Waals surface area contributed by atoms with Gasteiger partial charge in [0.2, 0.25) is 0 Å². The Labute approximate surface area is 78.1 Å². The van der Waals surface area contributed by atoms with E-state index in [0.29, 0.717) is 6.04 Å². The minimum absolute atomic E-state index is 0.541. The molecule has 70 valence electrons. The summed E-state index contributed by atoms with van der Waals surface area (Å²) in [6.45, 7) is 3.84. The fourth-order valence-corrected chi connectivity index (χ4v) is 1.30. The lowest BCUT2D eigenvalue weighted by atomic mass is 10.1. The third-order valence-corrected chi connectivity index (χ3v) is 2.32. The van der Waals surface area contributed by atoms with Gasteiger partial charge in [-0.2, -0.15) is 0 Å². The van der Waals surface area contributed by atoms with Gasteiger partial charge in [0, 0.05) is 12.2 Å². The number of pyridine rings is 1. The van der Waals surface area contributed by atoms with Crippen LogP contribution in [0.25, 0.3) is 0 Å². The molecule has 0 aliphatic carbocycles. The van der Waals surface area contributed by atoms with E-state index in [-0.39, 0.29) is 0 Å². The average Bonchev–Trinajstić information content (AvgIpc) is 2.05. The number of aryl methyl sites for hydroxylation is 1. The molecule has 1 fully saturated rings. The lowest BCUT2D eigenvalue weighted by Gasteiger charge is -2.27. The van der Waals surface area contributed by atoms with Crippen molar-refractivity contribution in [2.24, 2.45) is 0 Å². The van der Waals surface area contributed by atoms with Gasteiger partial charge in [-0.1, -0.05) is 0 Å². The molecule has 2 heterocycles. The number of nitrogens with zero attached hydrogens (tertiary/aromatic N) is 1. The van der Waals surface area contributed by atoms with E-state index < -0.39 is 0 Å². The summed E-state index contributed by atoms with van der Waals surface area (Å²) in [6, 6.07) is 4.40. The Hall–Kier alpha value is -1.09. The summed E-state index contributed by atoms with van der Waals surface area (Å²) >= 11 is 0. The smallest absolute Gasteiger partial charge is 0.140 e. The summed E-state index contributed by atoms with van der Waals surface area (Å²) in [6.07, 6.45) is 3.00. The Balaban J connectivity index is 1.89. The van der Waals surface area contributed by atoms with Crippen LogP contribution in [0, 0.1) is 6.92 Å². The first-order chi connectivity index (χ1) is 6.36. The highest BCUT2D eigenvalue weighted by Gasteiger charge is 2.16. The molecule has 0 aromatic carbocycles. The zero-order valence-corrected chi connectivity index (χ0v) is 7.79. The van der Waals surface area contributed by atoms with Crippen molar-refractivity contribution in [3.05, 3.63) is 24.0 Å². The molecule has 0 bridgehead atoms. The molecular formula is C10H14N2O. The largest absolute Gasteiger partial charge is 0.490 e. The maximum Gasteiger partial charge on any atom is 0.140 e. The van der Waals surface area contributed by atoms with E-state index in [9.17, 15) is 0 Å². The van der Waals surface area contributed by atoms with Crippen molar-refractivity contribution < 1.29 is 4.74 Å². The maximum atomic E-state index is 5.62. The third kappa shape index (κ3) is 1.98. The summed E-state index contributed by atoms with van der Waals surface area (Å²) in [5.74, 6) is 0.899. The van der Waals surface area contributed by atoms with Crippen LogP contribution in [0.5, 0.6) is 5.75 Å². The van der Waals surface area contributed by atoms with Crippen molar-refractivity contribution in [3.63, 3.8) is 0 Å². The van der Waals surface area contributed by atoms with E-state index in [1.165, 1.54) is 6.42 Å². The van der Waals surface area contributed by atoms with Gasteiger partial charge < -0.3 is 10.1 Å². The van der Waals surface area contributed by atoms with E-state index in [4.69, 9.17) is 4.74 Å². The van der Waals surface area contributed by atoms with Crippen molar-refractivity contribution in [1.82, 2.24) is 10.3 Å². The Morgan fingerprint density at radius 3 is 3.15 bits per heavy atom. The molecule has 1 saturated heterocycles. The molecular weight excluding hydrogens is 164 g/mol. The molecule has 0 saturated carbocycles. The Bertz CT molecular complexity index is 284. The highest BCUT2D eigenvalue weighted by molar-refractivity contribution is 5.25. The van der Waals surface area contributed by atoms with Gasteiger partial charge in [-0.15, -0.1) is 0 Å². The molecule has 1 aliphatic rings. The van der Waals surface area contributed by atoms with Gasteiger partial charge in [0.05, 0.1) is 5.69 Å². The van der Waals surface area contributed by atoms with Crippen molar-refractivity contribution in [1.29, 1.82) is 0 Å². The van der Waals surface area contributed by atoms with Crippen LogP contribution in [-0.2, 0) is 0 Å². The molecule has 1 aromatic heterocycles. The zero-order chi connectivity index (χ0) is 9.10. The van der Waals surface area contributed by atoms with E-state index >= 15 is 0 Å². The lowest BCUT2D eigenvalue weighted by Crippen LogP contribution is -2.46. The minimum Gasteiger partial charge on any atom is -0.490 e. The first-order valence-electron chi connectivity index (χ1n) is 4.64. The molecule has 0 amide bonds. The molecule has 1 atom stereocenters. The quantitative estimate of drug-likeness (QED) is 0.753. The van der Waals surface area contributed by atoms with E-state index in [1.54, 1.807) is 6.20 Å². The van der Waals surface area contributed by atoms with Gasteiger partial charge in [0.25, 0.3) is 0 Å². The summed E-state index contributed by atoms with van der Waals surface area (Å²) in [5.41, 5.74) is 0.960.